The van der Waals surface area contributed by atoms with Crippen LogP contribution in [0, 0.1) is 0 Å². The van der Waals surface area contributed by atoms with E-state index in [1.807, 2.05) is 0 Å². The molecule has 0 aliphatic carbocycles. The Balaban J connectivity index is 0.000000288. The molecule has 1 aliphatic rings. The first-order valence-corrected chi connectivity index (χ1v) is 15.4. The summed E-state index contributed by atoms with van der Waals surface area (Å²) in [6, 6.07) is 2.79. The summed E-state index contributed by atoms with van der Waals surface area (Å²) >= 11 is 0. The Morgan fingerprint density at radius 3 is 1.27 bits per heavy atom. The van der Waals surface area contributed by atoms with Crippen LogP contribution in [0.2, 0.25) is 57.9 Å². The van der Waals surface area contributed by atoms with Crippen molar-refractivity contribution in [1.29, 1.82) is 0 Å². The fraction of sp³-hybridized carbons (Fsp3) is 1.00. The third-order valence-electron chi connectivity index (χ3n) is 2.49. The maximum Gasteiger partial charge on any atom is 0.183 e. The second kappa shape index (κ2) is 5.27. The first-order valence-electron chi connectivity index (χ1n) is 5.73. The van der Waals surface area contributed by atoms with Gasteiger partial charge in [-0.15, -0.1) is 0 Å². The molecule has 0 aromatic rings. The van der Waals surface area contributed by atoms with Crippen molar-refractivity contribution >= 4 is 25.0 Å². The number of hydrogen-bond acceptors (Lipinski definition) is 2. The van der Waals surface area contributed by atoms with Crippen LogP contribution in [-0.4, -0.2) is 32.1 Å². The summed E-state index contributed by atoms with van der Waals surface area (Å²) in [4.78, 5) is 0. The third-order valence-corrected chi connectivity index (χ3v) is 11.5. The Kier molecular flexibility index (Phi) is 5.47. The molecule has 0 amide bonds. The standard InChI is InChI=1S/C6H16OSi2.C4H12OSi/c1-8(2)5-6-9(3,4)7-8;1-5-6(2,3)4/h5-6H2,1-4H3;1-4H3. The van der Waals surface area contributed by atoms with Gasteiger partial charge >= 0.3 is 0 Å². The van der Waals surface area contributed by atoms with Crippen LogP contribution in [0.15, 0.2) is 0 Å². The second-order valence-corrected chi connectivity index (χ2v) is 19.9. The average molecular weight is 265 g/mol. The maximum atomic E-state index is 6.01. The Bertz CT molecular complexity index is 183. The van der Waals surface area contributed by atoms with E-state index in [1.54, 1.807) is 7.11 Å². The summed E-state index contributed by atoms with van der Waals surface area (Å²) in [7, 11) is -1.59. The Morgan fingerprint density at radius 1 is 0.933 bits per heavy atom. The lowest BCUT2D eigenvalue weighted by molar-refractivity contribution is 0.411. The van der Waals surface area contributed by atoms with E-state index in [2.05, 4.69) is 45.8 Å². The zero-order valence-corrected chi connectivity index (χ0v) is 14.7. The highest BCUT2D eigenvalue weighted by Gasteiger charge is 2.40. The summed E-state index contributed by atoms with van der Waals surface area (Å²) < 4.78 is 11.1. The molecule has 0 spiro atoms. The molecule has 0 aromatic carbocycles. The summed E-state index contributed by atoms with van der Waals surface area (Å²) in [5.74, 6) is 0. The van der Waals surface area contributed by atoms with Crippen LogP contribution < -0.4 is 0 Å². The van der Waals surface area contributed by atoms with E-state index in [-0.39, 0.29) is 0 Å². The molecule has 5 heteroatoms. The molecule has 1 fully saturated rings. The van der Waals surface area contributed by atoms with E-state index >= 15 is 0 Å². The van der Waals surface area contributed by atoms with Gasteiger partial charge in [-0.25, -0.2) is 0 Å². The van der Waals surface area contributed by atoms with Crippen LogP contribution in [0.3, 0.4) is 0 Å². The van der Waals surface area contributed by atoms with Gasteiger partial charge in [0.2, 0.25) is 0 Å². The van der Waals surface area contributed by atoms with Crippen LogP contribution >= 0.6 is 0 Å². The van der Waals surface area contributed by atoms with Gasteiger partial charge in [-0.05, 0) is 57.9 Å². The molecule has 92 valence electrons. The van der Waals surface area contributed by atoms with E-state index in [0.29, 0.717) is 0 Å². The van der Waals surface area contributed by atoms with Gasteiger partial charge in [-0.2, -0.15) is 0 Å². The Labute approximate surface area is 98.8 Å². The molecule has 15 heavy (non-hydrogen) atoms. The number of hydrogen-bond donors (Lipinski definition) is 0. The van der Waals surface area contributed by atoms with Gasteiger partial charge in [-0.1, -0.05) is 0 Å². The molecule has 1 rings (SSSR count). The molecule has 1 saturated heterocycles. The second-order valence-electron chi connectivity index (χ2n) is 6.44. The summed E-state index contributed by atoms with van der Waals surface area (Å²) in [5.41, 5.74) is 0. The zero-order valence-electron chi connectivity index (χ0n) is 11.7. The predicted octanol–water partition coefficient (Wildman–Crippen LogP) is 3.89. The largest absolute Gasteiger partial charge is 0.456 e. The molecule has 1 aliphatic heterocycles. The van der Waals surface area contributed by atoms with Crippen molar-refractivity contribution in [1.82, 2.24) is 0 Å². The van der Waals surface area contributed by atoms with Crippen molar-refractivity contribution < 1.29 is 8.54 Å². The number of rotatable bonds is 1. The fourth-order valence-electron chi connectivity index (χ4n) is 1.45. The first-order chi connectivity index (χ1) is 6.47. The van der Waals surface area contributed by atoms with Gasteiger partial charge in [0.1, 0.15) is 0 Å². The molecule has 2 nitrogen and oxygen atoms in total. The molecular weight excluding hydrogens is 236 g/mol. The molecule has 0 N–H and O–H groups in total. The van der Waals surface area contributed by atoms with Crippen LogP contribution in [-0.2, 0) is 8.54 Å². The fourth-order valence-corrected chi connectivity index (χ4v) is 13.1. The lowest BCUT2D eigenvalue weighted by Gasteiger charge is -2.21. The Hall–Kier alpha value is 0.571. The van der Waals surface area contributed by atoms with E-state index in [4.69, 9.17) is 8.54 Å². The topological polar surface area (TPSA) is 18.5 Å². The third kappa shape index (κ3) is 8.39. The summed E-state index contributed by atoms with van der Waals surface area (Å²) in [6.07, 6.45) is 0. The van der Waals surface area contributed by atoms with Gasteiger partial charge in [0.25, 0.3) is 0 Å². The minimum Gasteiger partial charge on any atom is -0.456 e. The SMILES string of the molecule is CO[Si](C)(C)C.C[Si]1(C)CC[Si](C)(C)O1. The lowest BCUT2D eigenvalue weighted by atomic mass is 10.9. The quantitative estimate of drug-likeness (QED) is 0.669. The van der Waals surface area contributed by atoms with Gasteiger partial charge < -0.3 is 8.54 Å². The summed E-state index contributed by atoms with van der Waals surface area (Å²) in [6.45, 7) is 15.8. The van der Waals surface area contributed by atoms with Crippen LogP contribution in [0.25, 0.3) is 0 Å². The van der Waals surface area contributed by atoms with Crippen molar-refractivity contribution in [2.24, 2.45) is 0 Å². The van der Waals surface area contributed by atoms with Crippen molar-refractivity contribution in [2.75, 3.05) is 7.11 Å². The maximum absolute atomic E-state index is 6.01. The molecule has 0 radical (unpaired) electrons. The predicted molar refractivity (Wildman–Crippen MR) is 76.0 cm³/mol. The van der Waals surface area contributed by atoms with Crippen molar-refractivity contribution in [2.45, 2.75) is 57.9 Å². The highest BCUT2D eigenvalue weighted by Crippen LogP contribution is 2.32. The van der Waals surface area contributed by atoms with Crippen LogP contribution in [0.1, 0.15) is 0 Å². The Morgan fingerprint density at radius 2 is 1.20 bits per heavy atom. The normalized spacial score (nSPS) is 23.2. The van der Waals surface area contributed by atoms with E-state index < -0.39 is 25.0 Å². The molecule has 0 bridgehead atoms. The first kappa shape index (κ1) is 15.6. The molecular formula is C10H28O2Si3. The molecule has 0 aromatic heterocycles. The molecule has 0 saturated carbocycles. The van der Waals surface area contributed by atoms with Gasteiger partial charge in [0, 0.05) is 7.11 Å². The molecule has 0 atom stereocenters. The average Bonchev–Trinajstić information content (AvgIpc) is 2.23. The zero-order chi connectivity index (χ0) is 12.3. The smallest absolute Gasteiger partial charge is 0.183 e. The van der Waals surface area contributed by atoms with Crippen molar-refractivity contribution in [3.63, 3.8) is 0 Å². The van der Waals surface area contributed by atoms with Gasteiger partial charge in [-0.3, -0.25) is 0 Å². The summed E-state index contributed by atoms with van der Waals surface area (Å²) in [5, 5.41) is 0. The highest BCUT2D eigenvalue weighted by molar-refractivity contribution is 6.89. The van der Waals surface area contributed by atoms with Crippen LogP contribution in [0.5, 0.6) is 0 Å². The highest BCUT2D eigenvalue weighted by atomic mass is 28.4. The van der Waals surface area contributed by atoms with E-state index in [1.165, 1.54) is 12.1 Å². The van der Waals surface area contributed by atoms with Gasteiger partial charge in [0.05, 0.1) is 0 Å². The lowest BCUT2D eigenvalue weighted by Crippen LogP contribution is -2.33. The minimum atomic E-state index is -1.13. The van der Waals surface area contributed by atoms with Gasteiger partial charge in [0.15, 0.2) is 25.0 Å². The van der Waals surface area contributed by atoms with Crippen LogP contribution in [0.4, 0.5) is 0 Å². The van der Waals surface area contributed by atoms with E-state index in [0.717, 1.165) is 0 Å². The van der Waals surface area contributed by atoms with Crippen molar-refractivity contribution in [3.05, 3.63) is 0 Å². The molecule has 0 unspecified atom stereocenters. The minimum absolute atomic E-state index is 1.11. The van der Waals surface area contributed by atoms with Crippen molar-refractivity contribution in [3.8, 4) is 0 Å². The van der Waals surface area contributed by atoms with E-state index in [9.17, 15) is 0 Å². The monoisotopic (exact) mass is 264 g/mol. The molecule has 1 heterocycles.